The smallest absolute Gasteiger partial charge is 0.408 e. The maximum Gasteiger partial charge on any atom is 0.408 e. The first-order valence-electron chi connectivity index (χ1n) is 8.21. The number of amides is 3. The summed E-state index contributed by atoms with van der Waals surface area (Å²) in [4.78, 5) is 34.3. The van der Waals surface area contributed by atoms with Gasteiger partial charge in [0, 0.05) is 19.0 Å². The summed E-state index contributed by atoms with van der Waals surface area (Å²) in [6.07, 6.45) is 7.82. The normalized spacial score (nSPS) is 15.7. The fourth-order valence-electron chi connectivity index (χ4n) is 2.35. The van der Waals surface area contributed by atoms with Crippen LogP contribution in [0, 0.1) is 6.42 Å². The van der Waals surface area contributed by atoms with Gasteiger partial charge in [-0.1, -0.05) is 19.3 Å². The van der Waals surface area contributed by atoms with Crippen molar-refractivity contribution in [3.8, 4) is 0 Å². The molecule has 0 unspecified atom stereocenters. The van der Waals surface area contributed by atoms with Crippen LogP contribution in [0.2, 0.25) is 0 Å². The van der Waals surface area contributed by atoms with Gasteiger partial charge < -0.3 is 21.1 Å². The zero-order valence-electron chi connectivity index (χ0n) is 14.0. The predicted octanol–water partition coefficient (Wildman–Crippen LogP) is 1.41. The highest BCUT2D eigenvalue weighted by Crippen LogP contribution is 2.17. The third-order valence-electron chi connectivity index (χ3n) is 3.87. The Morgan fingerprint density at radius 3 is 2.48 bits per heavy atom. The van der Waals surface area contributed by atoms with Gasteiger partial charge >= 0.3 is 6.09 Å². The lowest BCUT2D eigenvalue weighted by Crippen LogP contribution is -2.44. The summed E-state index contributed by atoms with van der Waals surface area (Å²) in [6, 6.07) is 0.302. The van der Waals surface area contributed by atoms with E-state index >= 15 is 0 Å². The second kappa shape index (κ2) is 9.37. The molecule has 0 aromatic rings. The number of rotatable bonds is 8. The topological polar surface area (TPSA) is 111 Å². The minimum absolute atomic E-state index is 0.0469. The zero-order chi connectivity index (χ0) is 17.3. The number of nitrogens with one attached hydrogen (secondary N) is 2. The molecule has 7 nitrogen and oxygen atoms in total. The van der Waals surface area contributed by atoms with Crippen molar-refractivity contribution in [2.45, 2.75) is 70.4 Å². The van der Waals surface area contributed by atoms with Crippen molar-refractivity contribution in [3.05, 3.63) is 6.42 Å². The van der Waals surface area contributed by atoms with E-state index in [-0.39, 0.29) is 5.91 Å². The third kappa shape index (κ3) is 7.85. The molecule has 1 radical (unpaired) electrons. The molecule has 0 spiro atoms. The highest BCUT2D eigenvalue weighted by Gasteiger charge is 2.29. The van der Waals surface area contributed by atoms with Crippen molar-refractivity contribution < 1.29 is 19.1 Å². The van der Waals surface area contributed by atoms with Gasteiger partial charge in [0.15, 0.2) is 5.60 Å². The molecular weight excluding hydrogens is 298 g/mol. The molecule has 3 amide bonds. The number of carbonyl (C=O) groups excluding carboxylic acids is 3. The van der Waals surface area contributed by atoms with Crippen LogP contribution in [0.5, 0.6) is 0 Å². The summed E-state index contributed by atoms with van der Waals surface area (Å²) in [5.41, 5.74) is 3.77. The number of alkyl carbamates (subject to hydrolysis) is 1. The first-order valence-corrected chi connectivity index (χ1v) is 8.21. The number of hydrogen-bond donors (Lipinski definition) is 3. The Morgan fingerprint density at radius 2 is 1.87 bits per heavy atom. The van der Waals surface area contributed by atoms with Gasteiger partial charge in [0.05, 0.1) is 0 Å². The lowest BCUT2D eigenvalue weighted by Gasteiger charge is -2.22. The van der Waals surface area contributed by atoms with Crippen LogP contribution in [0.3, 0.4) is 0 Å². The maximum atomic E-state index is 11.7. The molecule has 0 saturated heterocycles. The van der Waals surface area contributed by atoms with Crippen LogP contribution in [-0.4, -0.2) is 36.1 Å². The second-order valence-corrected chi connectivity index (χ2v) is 6.38. The zero-order valence-corrected chi connectivity index (χ0v) is 14.0. The van der Waals surface area contributed by atoms with Gasteiger partial charge in [-0.25, -0.2) is 4.79 Å². The Labute approximate surface area is 137 Å². The van der Waals surface area contributed by atoms with Crippen LogP contribution in [0.4, 0.5) is 4.79 Å². The molecule has 0 aromatic heterocycles. The van der Waals surface area contributed by atoms with Gasteiger partial charge in [-0.05, 0) is 39.5 Å². The summed E-state index contributed by atoms with van der Waals surface area (Å²) < 4.78 is 4.91. The highest BCUT2D eigenvalue weighted by molar-refractivity contribution is 5.85. The summed E-state index contributed by atoms with van der Waals surface area (Å²) in [5.74, 6) is -0.755. The summed E-state index contributed by atoms with van der Waals surface area (Å²) in [6.45, 7) is 3.22. The number of primary amides is 1. The molecule has 1 aliphatic carbocycles. The van der Waals surface area contributed by atoms with E-state index in [1.54, 1.807) is 6.42 Å². The van der Waals surface area contributed by atoms with E-state index in [0.717, 1.165) is 12.8 Å². The quantitative estimate of drug-likeness (QED) is 0.586. The SMILES string of the molecule is CC(C)(OC(=O)NCCC[CH]C(=O)NC1CCCCC1)C(N)=O. The summed E-state index contributed by atoms with van der Waals surface area (Å²) >= 11 is 0. The molecule has 131 valence electrons. The minimum atomic E-state index is -1.34. The molecule has 1 rings (SSSR count). The maximum absolute atomic E-state index is 11.7. The first-order chi connectivity index (χ1) is 10.8. The minimum Gasteiger partial charge on any atom is -0.433 e. The van der Waals surface area contributed by atoms with Crippen LogP contribution in [-0.2, 0) is 14.3 Å². The van der Waals surface area contributed by atoms with Crippen molar-refractivity contribution in [2.75, 3.05) is 6.54 Å². The standard InChI is InChI=1S/C16H28N3O4/c1-16(2,14(17)21)23-15(22)18-11-7-6-10-13(20)19-12-8-4-3-5-9-12/h10,12H,3-9,11H2,1-2H3,(H2,17,21)(H,18,22)(H,19,20). The Morgan fingerprint density at radius 1 is 1.22 bits per heavy atom. The molecule has 0 heterocycles. The molecule has 23 heavy (non-hydrogen) atoms. The van der Waals surface area contributed by atoms with Crippen molar-refractivity contribution in [2.24, 2.45) is 5.73 Å². The van der Waals surface area contributed by atoms with Gasteiger partial charge in [0.1, 0.15) is 0 Å². The van der Waals surface area contributed by atoms with Crippen LogP contribution >= 0.6 is 0 Å². The number of hydrogen-bond acceptors (Lipinski definition) is 4. The summed E-state index contributed by atoms with van der Waals surface area (Å²) in [5, 5.41) is 5.53. The van der Waals surface area contributed by atoms with E-state index < -0.39 is 17.6 Å². The largest absolute Gasteiger partial charge is 0.433 e. The van der Waals surface area contributed by atoms with E-state index in [0.29, 0.717) is 25.4 Å². The highest BCUT2D eigenvalue weighted by atomic mass is 16.6. The van der Waals surface area contributed by atoms with E-state index in [1.807, 2.05) is 0 Å². The number of ether oxygens (including phenoxy) is 1. The van der Waals surface area contributed by atoms with Crippen molar-refractivity contribution in [1.29, 1.82) is 0 Å². The van der Waals surface area contributed by atoms with E-state index in [4.69, 9.17) is 10.5 Å². The number of nitrogens with two attached hydrogens (primary N) is 1. The van der Waals surface area contributed by atoms with Gasteiger partial charge in [-0.3, -0.25) is 9.59 Å². The molecular formula is C16H28N3O4. The summed E-state index contributed by atoms with van der Waals surface area (Å²) in [7, 11) is 0. The Kier molecular flexibility index (Phi) is 7.85. The van der Waals surface area contributed by atoms with E-state index in [2.05, 4.69) is 10.6 Å². The van der Waals surface area contributed by atoms with Crippen LogP contribution < -0.4 is 16.4 Å². The van der Waals surface area contributed by atoms with Crippen molar-refractivity contribution in [3.63, 3.8) is 0 Å². The Hall–Kier alpha value is -1.79. The molecule has 7 heteroatoms. The fourth-order valence-corrected chi connectivity index (χ4v) is 2.35. The van der Waals surface area contributed by atoms with Crippen LogP contribution in [0.1, 0.15) is 58.8 Å². The van der Waals surface area contributed by atoms with E-state index in [9.17, 15) is 14.4 Å². The third-order valence-corrected chi connectivity index (χ3v) is 3.87. The molecule has 0 bridgehead atoms. The molecule has 1 fully saturated rings. The number of carbonyl (C=O) groups is 3. The van der Waals surface area contributed by atoms with Crippen molar-refractivity contribution >= 4 is 17.9 Å². The molecule has 4 N–H and O–H groups in total. The average molecular weight is 326 g/mol. The second-order valence-electron chi connectivity index (χ2n) is 6.38. The molecule has 0 atom stereocenters. The average Bonchev–Trinajstić information content (AvgIpc) is 2.47. The first kappa shape index (κ1) is 19.3. The van der Waals surface area contributed by atoms with Crippen LogP contribution in [0.25, 0.3) is 0 Å². The Balaban J connectivity index is 2.07. The fraction of sp³-hybridized carbons (Fsp3) is 0.750. The lowest BCUT2D eigenvalue weighted by molar-refractivity contribution is -0.133. The predicted molar refractivity (Wildman–Crippen MR) is 86.3 cm³/mol. The van der Waals surface area contributed by atoms with Gasteiger partial charge in [-0.15, -0.1) is 0 Å². The van der Waals surface area contributed by atoms with Crippen molar-refractivity contribution in [1.82, 2.24) is 10.6 Å². The van der Waals surface area contributed by atoms with Gasteiger partial charge in [0.25, 0.3) is 5.91 Å². The Bertz CT molecular complexity index is 418. The molecule has 0 aliphatic heterocycles. The molecule has 0 aromatic carbocycles. The number of unbranched alkanes of at least 4 members (excludes halogenated alkanes) is 1. The lowest BCUT2D eigenvalue weighted by atomic mass is 9.95. The van der Waals surface area contributed by atoms with E-state index in [1.165, 1.54) is 33.1 Å². The molecule has 1 saturated carbocycles. The molecule has 1 aliphatic rings. The van der Waals surface area contributed by atoms with Gasteiger partial charge in [0.2, 0.25) is 5.91 Å². The van der Waals surface area contributed by atoms with Gasteiger partial charge in [-0.2, -0.15) is 0 Å². The van der Waals surface area contributed by atoms with Crippen LogP contribution in [0.15, 0.2) is 0 Å². The monoisotopic (exact) mass is 326 g/mol.